The topological polar surface area (TPSA) is 846 Å². The average molecular weight is 2040 g/mol. The number of fused-ring (bicyclic) bond motifs is 5. The van der Waals surface area contributed by atoms with Crippen LogP contribution in [0, 0.1) is 6.92 Å². The van der Waals surface area contributed by atoms with E-state index < -0.39 is 247 Å². The molecule has 0 radical (unpaired) electrons. The van der Waals surface area contributed by atoms with Gasteiger partial charge >= 0.3 is 44.8 Å². The van der Waals surface area contributed by atoms with Crippen LogP contribution in [-0.2, 0) is 108 Å². The van der Waals surface area contributed by atoms with Crippen molar-refractivity contribution < 1.29 is 131 Å². The van der Waals surface area contributed by atoms with Crippen molar-refractivity contribution in [3.63, 3.8) is 0 Å². The van der Waals surface area contributed by atoms with Crippen molar-refractivity contribution in [3.8, 4) is 11.1 Å². The number of ether oxygens (including phenoxy) is 7. The number of aliphatic hydroxyl groups is 1. The number of nitrogens with two attached hydrogens (primary N) is 5. The van der Waals surface area contributed by atoms with Crippen molar-refractivity contribution >= 4 is 125 Å². The van der Waals surface area contributed by atoms with E-state index in [9.17, 15) is 81.2 Å². The molecule has 2 aromatic carbocycles. The summed E-state index contributed by atoms with van der Waals surface area (Å²) in [5, 5.41) is 11.1. The Morgan fingerprint density at radius 1 is 0.367 bits per heavy atom. The summed E-state index contributed by atoms with van der Waals surface area (Å²) in [6.45, 7) is -3.96. The zero-order valence-corrected chi connectivity index (χ0v) is 76.1. The minimum Gasteiger partial charge on any atom is -0.390 e. The molecule has 0 spiro atoms. The lowest BCUT2D eigenvalue weighted by atomic mass is 10.0. The highest BCUT2D eigenvalue weighted by atomic mass is 31.2. The van der Waals surface area contributed by atoms with Crippen LogP contribution in [0.4, 0.5) is 29.6 Å². The van der Waals surface area contributed by atoms with Crippen molar-refractivity contribution in [2.45, 2.75) is 163 Å². The summed E-state index contributed by atoms with van der Waals surface area (Å²) < 4.78 is 180. The first-order valence-corrected chi connectivity index (χ1v) is 49.5. The predicted octanol–water partition coefficient (Wildman–Crippen LogP) is 0.609. The van der Waals surface area contributed by atoms with E-state index in [1.807, 2.05) is 54.6 Å². The van der Waals surface area contributed by atoms with Gasteiger partial charge in [0.1, 0.15) is 116 Å². The van der Waals surface area contributed by atoms with Gasteiger partial charge in [-0.2, -0.15) is 19.9 Å². The van der Waals surface area contributed by atoms with Crippen LogP contribution in [0.25, 0.3) is 66.9 Å². The number of nitrogens with one attached hydrogen (secondary N) is 5. The molecule has 23 atom stereocenters. The van der Waals surface area contributed by atoms with Crippen molar-refractivity contribution in [3.05, 3.63) is 172 Å². The molecule has 0 bridgehead atoms. The van der Waals surface area contributed by atoms with E-state index in [4.69, 9.17) is 107 Å². The number of anilines is 5. The number of aromatic amines is 5. The van der Waals surface area contributed by atoms with E-state index in [1.165, 1.54) is 39.5 Å². The normalized spacial score (nSPS) is 27.3. The third-order valence-electron chi connectivity index (χ3n) is 23.3. The van der Waals surface area contributed by atoms with Gasteiger partial charge in [0.05, 0.1) is 84.0 Å². The number of phosphoric ester groups is 5. The zero-order chi connectivity index (χ0) is 97.6. The fourth-order valence-electron chi connectivity index (χ4n) is 16.8. The number of aryl methyl sites for hydroxylation is 1. The second kappa shape index (κ2) is 38.4. The molecule has 13 aromatic rings. The summed E-state index contributed by atoms with van der Waals surface area (Å²) >= 11 is 0. The monoisotopic (exact) mass is 2040 g/mol. The van der Waals surface area contributed by atoms with Crippen LogP contribution in [0.1, 0.15) is 87.0 Å². The molecule has 17 heterocycles. The third kappa shape index (κ3) is 20.8. The molecule has 21 N–H and O–H groups in total. The SMILES string of the molecule is Cc1cn([C@H]2C[C@H](OP(=O)(O)OC[C@H]3O[C@@H](n4cnc5c(=O)[nH]c(N)nc54)C[C@@H]3OP(=O)(O)OC[C@H]3O[C@@H](n4cnc5c(=O)[nH]c(N)nc54)C[C@@H]3OP(=O)(O)OC[C@H]3O[C@@H](n4cnc5c(=O)[nH]c(N)nc54)C[C@@H]3OP(=O)(O)OC[C@H]3O[C@@H](n4cnc5c(N)ncnc54)C[C@@H]3OP(=O)(O)OC[C@H]3O[C@@H](n4cnc5c(=O)[nH]c(N)nc54)C[C@@H]3O)[C@@H](COCc3ccc(-c4ccccc4)cc3)O2)c(=O)[nH]c1=O. The summed E-state index contributed by atoms with van der Waals surface area (Å²) in [6, 6.07) is 17.0. The van der Waals surface area contributed by atoms with Gasteiger partial charge in [0.2, 0.25) is 23.8 Å². The number of nitrogens with zero attached hydrogens (tertiary/aromatic N) is 17. The molecule has 6 aliphatic rings. The molecule has 0 saturated carbocycles. The van der Waals surface area contributed by atoms with Crippen LogP contribution in [0.15, 0.2) is 128 Å². The Balaban J connectivity index is 0.548. The maximum Gasteiger partial charge on any atom is 0.472 e. The lowest BCUT2D eigenvalue weighted by Crippen LogP contribution is -2.33. The number of H-pyrrole nitrogens is 5. The second-order valence-electron chi connectivity index (χ2n) is 32.5. The Bertz CT molecular complexity index is 7490. The summed E-state index contributed by atoms with van der Waals surface area (Å²) in [4.78, 5) is 193. The maximum atomic E-state index is 14.8. The van der Waals surface area contributed by atoms with Crippen molar-refractivity contribution in [2.24, 2.45) is 0 Å². The highest BCUT2D eigenvalue weighted by molar-refractivity contribution is 7.48. The highest BCUT2D eigenvalue weighted by Crippen LogP contribution is 2.57. The highest BCUT2D eigenvalue weighted by Gasteiger charge is 2.52. The molecule has 11 aromatic heterocycles. The molecule has 740 valence electrons. The number of phosphoric acid groups is 5. The molecular weight excluding hydrogens is 1950 g/mol. The number of hydrogen-bond acceptors (Lipinski definition) is 45. The van der Waals surface area contributed by atoms with Gasteiger partial charge in [-0.1, -0.05) is 54.6 Å². The molecular formula is C73H84N27O34P5. The lowest BCUT2D eigenvalue weighted by Gasteiger charge is -2.26. The van der Waals surface area contributed by atoms with E-state index in [-0.39, 0.29) is 112 Å². The van der Waals surface area contributed by atoms with Crippen LogP contribution in [0.3, 0.4) is 0 Å². The van der Waals surface area contributed by atoms with Crippen LogP contribution in [0.2, 0.25) is 0 Å². The first-order valence-electron chi connectivity index (χ1n) is 42.0. The van der Waals surface area contributed by atoms with Gasteiger partial charge in [-0.3, -0.25) is 122 Å². The molecule has 66 heteroatoms. The van der Waals surface area contributed by atoms with Gasteiger partial charge in [-0.05, 0) is 23.6 Å². The minimum absolute atomic E-state index is 0.00243. The van der Waals surface area contributed by atoms with E-state index in [2.05, 4.69) is 79.7 Å². The standard InChI is InChI=1S/C73H84N27O34P5/c1-31-17-95(73(107)94-64(31)102)48-12-36(42(125-48)19-118-18-32-7-9-34(10-8-32)33-5-3-2-4-6-33)130-136(110,111)120-22-44-38(14-50(127-44)98-28-83-55-61(98)87-70(76)91-66(55)104)133-138(114,115)122-24-46-40(16-52(129-46)100-30-85-57-63(100)89-72(78)93-68(57)106)134-139(116,117)123-23-45-39(15-51(128-45)99-29-84-56-62(99)88-71(77)92-67(56)105)132-137(112,113)121-21-43-37(13-49(126-43)96-26-81-53-58(74)79-25-80-59(53)96)131-135(108,109)119-20-41-35(101)11-47(124-41)97-27-82-54-60(97)86-69(75)90-65(54)103/h2-10,17,25-30,35-52,101H,11-16,18-24H2,1H3,(H,108,109)(H,110,111)(H,112,113)(H,114,115)(H,116,117)(H2,74,79,80)(H,94,102,107)(H3,75,86,90,103)(H3,76,87,91,104)(H3,77,88,92,105)(H3,78,89,93,106)/t35-,36-,37-,38-,39-,40-,41+,42+,43+,44+,45+,46+,47+,48+,49+,50+,51+,52+/m0/s1. The number of aliphatic hydroxyl groups excluding tert-OH is 1. The fraction of sp³-hybridized carbons (Fsp3) is 0.438. The predicted molar refractivity (Wildman–Crippen MR) is 468 cm³/mol. The zero-order valence-electron chi connectivity index (χ0n) is 71.7. The van der Waals surface area contributed by atoms with E-state index in [1.54, 1.807) is 0 Å². The molecule has 0 aliphatic carbocycles. The molecule has 6 fully saturated rings. The average Bonchev–Trinajstić information content (AvgIpc) is 1.63. The van der Waals surface area contributed by atoms with Crippen molar-refractivity contribution in [2.75, 3.05) is 68.3 Å². The Morgan fingerprint density at radius 2 is 0.676 bits per heavy atom. The second-order valence-corrected chi connectivity index (χ2v) is 39.6. The number of benzene rings is 2. The summed E-state index contributed by atoms with van der Waals surface area (Å²) in [6.07, 6.45) is -21.3. The van der Waals surface area contributed by atoms with Gasteiger partial charge in [-0.25, -0.2) is 62.5 Å². The Kier molecular flexibility index (Phi) is 26.6. The van der Waals surface area contributed by atoms with E-state index >= 15 is 0 Å². The van der Waals surface area contributed by atoms with Crippen LogP contribution in [0.5, 0.6) is 0 Å². The summed E-state index contributed by atoms with van der Waals surface area (Å²) in [7, 11) is -27.7. The minimum atomic E-state index is -5.69. The van der Waals surface area contributed by atoms with E-state index in [0.717, 1.165) is 55.7 Å². The maximum absolute atomic E-state index is 14.8. The molecule has 0 amide bonds. The number of hydrogen-bond donors (Lipinski definition) is 16. The van der Waals surface area contributed by atoms with Gasteiger partial charge < -0.3 is 91.4 Å². The van der Waals surface area contributed by atoms with Gasteiger partial charge in [0.25, 0.3) is 27.8 Å². The van der Waals surface area contributed by atoms with Crippen LogP contribution in [-0.4, -0.2) is 250 Å². The van der Waals surface area contributed by atoms with Gasteiger partial charge in [0, 0.05) is 50.3 Å². The quantitative estimate of drug-likeness (QED) is 0.0239. The number of imidazole rings is 5. The fourth-order valence-corrected chi connectivity index (χ4v) is 21.6. The van der Waals surface area contributed by atoms with Crippen molar-refractivity contribution in [1.29, 1.82) is 0 Å². The Hall–Kier alpha value is -11.7. The van der Waals surface area contributed by atoms with Crippen LogP contribution < -0.4 is 62.2 Å². The molecule has 5 unspecified atom stereocenters. The molecule has 6 saturated heterocycles. The molecule has 61 nitrogen and oxygen atoms in total. The van der Waals surface area contributed by atoms with Gasteiger partial charge in [-0.15, -0.1) is 0 Å². The first kappa shape index (κ1) is 96.2. The molecule has 6 aliphatic heterocycles. The Labute approximate surface area is 773 Å². The third-order valence-corrected chi connectivity index (χ3v) is 28.3. The molecule has 19 rings (SSSR count). The van der Waals surface area contributed by atoms with Crippen molar-refractivity contribution in [1.82, 2.24) is 107 Å². The molecule has 139 heavy (non-hydrogen) atoms. The number of nitrogen functional groups attached to an aromatic ring is 5. The smallest absolute Gasteiger partial charge is 0.390 e. The summed E-state index contributed by atoms with van der Waals surface area (Å²) in [5.74, 6) is -1.46. The van der Waals surface area contributed by atoms with Gasteiger partial charge in [0.15, 0.2) is 56.1 Å². The van der Waals surface area contributed by atoms with E-state index in [0.29, 0.717) is 0 Å². The number of rotatable bonds is 36. The lowest BCUT2D eigenvalue weighted by molar-refractivity contribution is -0.0711. The Morgan fingerprint density at radius 3 is 1.04 bits per heavy atom. The van der Waals surface area contributed by atoms with Crippen LogP contribution >= 0.6 is 39.1 Å². The number of aromatic nitrogens is 22. The summed E-state index contributed by atoms with van der Waals surface area (Å²) in [5.41, 5.74) is 26.5. The first-order chi connectivity index (χ1) is 66.3. The largest absolute Gasteiger partial charge is 0.472 e.